The van der Waals surface area contributed by atoms with Gasteiger partial charge in [0, 0.05) is 16.9 Å². The number of ether oxygens (including phenoxy) is 1. The van der Waals surface area contributed by atoms with Gasteiger partial charge in [-0.25, -0.2) is 0 Å². The Bertz CT molecular complexity index is 1020. The second-order valence-electron chi connectivity index (χ2n) is 5.97. The lowest BCUT2D eigenvalue weighted by Crippen LogP contribution is -2.42. The van der Waals surface area contributed by atoms with Gasteiger partial charge in [0.1, 0.15) is 0 Å². The number of aromatic nitrogens is 3. The Morgan fingerprint density at radius 3 is 2.89 bits per heavy atom. The average Bonchev–Trinajstić information content (AvgIpc) is 3.21. The molecule has 4 rings (SSSR count). The number of carbonyl (C=O) groups excluding carboxylic acids is 1. The summed E-state index contributed by atoms with van der Waals surface area (Å²) >= 11 is 3.01. The summed E-state index contributed by atoms with van der Waals surface area (Å²) in [5.74, 6) is 0.332. The number of rotatable bonds is 4. The van der Waals surface area contributed by atoms with Crippen LogP contribution in [0.5, 0.6) is 5.88 Å². The molecule has 1 aromatic carbocycles. The van der Waals surface area contributed by atoms with E-state index in [0.29, 0.717) is 23.2 Å². The van der Waals surface area contributed by atoms with E-state index in [4.69, 9.17) is 4.74 Å². The molecule has 1 aliphatic rings. The Balaban J connectivity index is 1.88. The molecule has 0 bridgehead atoms. The van der Waals surface area contributed by atoms with Crippen LogP contribution in [0.1, 0.15) is 18.2 Å². The maximum Gasteiger partial charge on any atom is 0.247 e. The molecule has 3 heterocycles. The fraction of sp³-hybridized carbons (Fsp3) is 0.200. The van der Waals surface area contributed by atoms with Gasteiger partial charge in [0.25, 0.3) is 0 Å². The summed E-state index contributed by atoms with van der Waals surface area (Å²) in [6.45, 7) is 1.84. The van der Waals surface area contributed by atoms with Crippen LogP contribution in [0.3, 0.4) is 0 Å². The molecule has 0 saturated heterocycles. The lowest BCUT2D eigenvalue weighted by atomic mass is 10.1. The molecule has 1 unspecified atom stereocenters. The minimum absolute atomic E-state index is 0.0425. The average molecular weight is 411 g/mol. The van der Waals surface area contributed by atoms with E-state index in [1.54, 1.807) is 16.2 Å². The molecule has 0 N–H and O–H groups in total. The number of para-hydroxylation sites is 1. The highest BCUT2D eigenvalue weighted by atomic mass is 32.2. The van der Waals surface area contributed by atoms with E-state index < -0.39 is 6.23 Å². The minimum Gasteiger partial charge on any atom is -0.448 e. The van der Waals surface area contributed by atoms with Gasteiger partial charge in [0.2, 0.25) is 16.9 Å². The van der Waals surface area contributed by atoms with Gasteiger partial charge in [-0.1, -0.05) is 43.0 Å². The predicted molar refractivity (Wildman–Crippen MR) is 113 cm³/mol. The number of fused-ring (bicyclic) bond motifs is 3. The third-order valence-electron chi connectivity index (χ3n) is 4.26. The second kappa shape index (κ2) is 8.12. The van der Waals surface area contributed by atoms with Gasteiger partial charge in [-0.15, -0.1) is 21.5 Å². The SMILES string of the molecule is CCC(=O)N1c2ccccc2-c2nnc(SC)nc2OC1/C=C/c1cccs1. The zero-order chi connectivity index (χ0) is 19.5. The summed E-state index contributed by atoms with van der Waals surface area (Å²) < 4.78 is 6.21. The Morgan fingerprint density at radius 2 is 2.14 bits per heavy atom. The molecule has 28 heavy (non-hydrogen) atoms. The first-order valence-electron chi connectivity index (χ1n) is 8.79. The van der Waals surface area contributed by atoms with Crippen LogP contribution in [0.4, 0.5) is 5.69 Å². The molecule has 0 saturated carbocycles. The van der Waals surface area contributed by atoms with E-state index in [9.17, 15) is 4.79 Å². The molecule has 0 radical (unpaired) electrons. The first-order chi connectivity index (χ1) is 13.7. The quantitative estimate of drug-likeness (QED) is 0.590. The normalized spacial score (nSPS) is 15.6. The van der Waals surface area contributed by atoms with Crippen molar-refractivity contribution in [3.05, 3.63) is 52.7 Å². The van der Waals surface area contributed by atoms with Crippen LogP contribution >= 0.6 is 23.1 Å². The largest absolute Gasteiger partial charge is 0.448 e. The van der Waals surface area contributed by atoms with Crippen LogP contribution in [-0.4, -0.2) is 33.6 Å². The van der Waals surface area contributed by atoms with Gasteiger partial charge in [-0.3, -0.25) is 9.69 Å². The third kappa shape index (κ3) is 3.53. The van der Waals surface area contributed by atoms with Gasteiger partial charge >= 0.3 is 0 Å². The van der Waals surface area contributed by atoms with E-state index in [-0.39, 0.29) is 5.91 Å². The number of anilines is 1. The van der Waals surface area contributed by atoms with Crippen molar-refractivity contribution in [3.63, 3.8) is 0 Å². The summed E-state index contributed by atoms with van der Waals surface area (Å²) in [4.78, 5) is 20.1. The van der Waals surface area contributed by atoms with E-state index in [1.165, 1.54) is 11.8 Å². The maximum atomic E-state index is 12.9. The molecule has 8 heteroatoms. The standard InChI is InChI=1S/C20H18N4O2S2/c1-3-16(25)24-15-9-5-4-8-14(15)18-19(21-20(27-2)23-22-18)26-17(24)11-10-13-7-6-12-28-13/h4-12,17H,3H2,1-2H3/b11-10+. The molecule has 0 aliphatic carbocycles. The molecule has 3 aromatic rings. The number of hydrogen-bond acceptors (Lipinski definition) is 7. The highest BCUT2D eigenvalue weighted by Crippen LogP contribution is 2.39. The summed E-state index contributed by atoms with van der Waals surface area (Å²) in [6.07, 6.45) is 5.44. The zero-order valence-electron chi connectivity index (χ0n) is 15.4. The summed E-state index contributed by atoms with van der Waals surface area (Å²) in [6, 6.07) is 11.6. The lowest BCUT2D eigenvalue weighted by Gasteiger charge is -2.28. The molecule has 1 amide bonds. The van der Waals surface area contributed by atoms with Crippen molar-refractivity contribution >= 4 is 40.8 Å². The number of amides is 1. The van der Waals surface area contributed by atoms with Crippen LogP contribution in [-0.2, 0) is 4.79 Å². The van der Waals surface area contributed by atoms with E-state index in [1.807, 2.05) is 67.1 Å². The van der Waals surface area contributed by atoms with Crippen molar-refractivity contribution in [2.75, 3.05) is 11.2 Å². The van der Waals surface area contributed by atoms with Gasteiger partial charge in [0.05, 0.1) is 5.69 Å². The van der Waals surface area contributed by atoms with Crippen molar-refractivity contribution in [1.29, 1.82) is 0 Å². The monoisotopic (exact) mass is 410 g/mol. The molecule has 1 atom stereocenters. The highest BCUT2D eigenvalue weighted by molar-refractivity contribution is 7.98. The Labute approximate surface area is 171 Å². The van der Waals surface area contributed by atoms with Crippen LogP contribution in [0, 0.1) is 0 Å². The summed E-state index contributed by atoms with van der Waals surface area (Å²) in [7, 11) is 0. The van der Waals surface area contributed by atoms with Crippen molar-refractivity contribution in [3.8, 4) is 17.1 Å². The second-order valence-corrected chi connectivity index (χ2v) is 7.72. The number of hydrogen-bond donors (Lipinski definition) is 0. The third-order valence-corrected chi connectivity index (χ3v) is 5.64. The highest BCUT2D eigenvalue weighted by Gasteiger charge is 2.32. The molecule has 142 valence electrons. The molecule has 0 fully saturated rings. The van der Waals surface area contributed by atoms with Gasteiger partial charge in [-0.2, -0.15) is 4.98 Å². The van der Waals surface area contributed by atoms with E-state index in [0.717, 1.165) is 16.1 Å². The maximum absolute atomic E-state index is 12.9. The molecular formula is C20H18N4O2S2. The molecule has 6 nitrogen and oxygen atoms in total. The number of carbonyl (C=O) groups is 1. The first kappa shape index (κ1) is 18.6. The van der Waals surface area contributed by atoms with E-state index in [2.05, 4.69) is 15.2 Å². The lowest BCUT2D eigenvalue weighted by molar-refractivity contribution is -0.119. The Morgan fingerprint density at radius 1 is 1.29 bits per heavy atom. The number of benzene rings is 1. The fourth-order valence-electron chi connectivity index (χ4n) is 2.96. The minimum atomic E-state index is -0.636. The molecule has 1 aliphatic heterocycles. The van der Waals surface area contributed by atoms with Crippen LogP contribution in [0.15, 0.2) is 53.0 Å². The van der Waals surface area contributed by atoms with Crippen LogP contribution < -0.4 is 9.64 Å². The number of thiophene rings is 1. The molecule has 2 aromatic heterocycles. The summed E-state index contributed by atoms with van der Waals surface area (Å²) in [5, 5.41) is 11.0. The Kier molecular flexibility index (Phi) is 5.40. The molecule has 0 spiro atoms. The number of nitrogens with zero attached hydrogens (tertiary/aromatic N) is 4. The molecular weight excluding hydrogens is 392 g/mol. The number of thioether (sulfide) groups is 1. The summed E-state index contributed by atoms with van der Waals surface area (Å²) in [5.41, 5.74) is 2.05. The van der Waals surface area contributed by atoms with Gasteiger partial charge < -0.3 is 4.74 Å². The van der Waals surface area contributed by atoms with Crippen molar-refractivity contribution in [1.82, 2.24) is 15.2 Å². The predicted octanol–water partition coefficient (Wildman–Crippen LogP) is 4.50. The van der Waals surface area contributed by atoms with Crippen LogP contribution in [0.2, 0.25) is 0 Å². The first-order valence-corrected chi connectivity index (χ1v) is 10.9. The Hall–Kier alpha value is -2.71. The van der Waals surface area contributed by atoms with Crippen molar-refractivity contribution in [2.45, 2.75) is 24.7 Å². The van der Waals surface area contributed by atoms with E-state index >= 15 is 0 Å². The van der Waals surface area contributed by atoms with Crippen molar-refractivity contribution in [2.24, 2.45) is 0 Å². The van der Waals surface area contributed by atoms with Crippen LogP contribution in [0.25, 0.3) is 17.3 Å². The van der Waals surface area contributed by atoms with Gasteiger partial charge in [0.15, 0.2) is 11.9 Å². The fourth-order valence-corrected chi connectivity index (χ4v) is 3.88. The topological polar surface area (TPSA) is 68.2 Å². The zero-order valence-corrected chi connectivity index (χ0v) is 17.0. The van der Waals surface area contributed by atoms with Crippen molar-refractivity contribution < 1.29 is 9.53 Å². The van der Waals surface area contributed by atoms with Gasteiger partial charge in [-0.05, 0) is 35.9 Å². The smallest absolute Gasteiger partial charge is 0.247 e.